The Bertz CT molecular complexity index is 714. The largest absolute Gasteiger partial charge is 0.345 e. The molecule has 1 aromatic carbocycles. The molecule has 3 rings (SSSR count). The van der Waals surface area contributed by atoms with Gasteiger partial charge in [0.2, 0.25) is 5.91 Å². The fourth-order valence-corrected chi connectivity index (χ4v) is 2.71. The number of carbonyl (C=O) groups excluding carboxylic acids is 2. The SMILES string of the molecule is CN1CC(CCNC(=O)Nc2cnn(-c3ccccc3)n2)CC1=O. The fraction of sp³-hybridized carbons (Fsp3) is 0.375. The summed E-state index contributed by atoms with van der Waals surface area (Å²) in [6.07, 6.45) is 2.84. The van der Waals surface area contributed by atoms with Crippen molar-refractivity contribution in [2.45, 2.75) is 12.8 Å². The van der Waals surface area contributed by atoms with E-state index in [1.807, 2.05) is 30.3 Å². The van der Waals surface area contributed by atoms with Crippen molar-refractivity contribution in [3.8, 4) is 5.69 Å². The zero-order valence-electron chi connectivity index (χ0n) is 13.5. The summed E-state index contributed by atoms with van der Waals surface area (Å²) in [5.74, 6) is 0.857. The highest BCUT2D eigenvalue weighted by Crippen LogP contribution is 2.18. The zero-order chi connectivity index (χ0) is 16.9. The smallest absolute Gasteiger partial charge is 0.320 e. The summed E-state index contributed by atoms with van der Waals surface area (Å²) in [4.78, 5) is 26.5. The summed E-state index contributed by atoms with van der Waals surface area (Å²) in [5, 5.41) is 13.8. The molecule has 8 nitrogen and oxygen atoms in total. The highest BCUT2D eigenvalue weighted by Gasteiger charge is 2.26. The van der Waals surface area contributed by atoms with Gasteiger partial charge in [-0.2, -0.15) is 5.10 Å². The van der Waals surface area contributed by atoms with Crippen LogP contribution >= 0.6 is 0 Å². The van der Waals surface area contributed by atoms with Crippen molar-refractivity contribution < 1.29 is 9.59 Å². The predicted octanol–water partition coefficient (Wildman–Crippen LogP) is 1.26. The van der Waals surface area contributed by atoms with Gasteiger partial charge in [0.15, 0.2) is 5.82 Å². The third-order valence-electron chi connectivity index (χ3n) is 3.98. The van der Waals surface area contributed by atoms with Crippen molar-refractivity contribution in [1.29, 1.82) is 0 Å². The van der Waals surface area contributed by atoms with Gasteiger partial charge in [-0.3, -0.25) is 10.1 Å². The van der Waals surface area contributed by atoms with Crippen LogP contribution in [0.5, 0.6) is 0 Å². The molecular formula is C16H20N6O2. The third kappa shape index (κ3) is 3.89. The minimum atomic E-state index is -0.326. The molecule has 0 saturated carbocycles. The van der Waals surface area contributed by atoms with Crippen LogP contribution in [0, 0.1) is 5.92 Å². The molecule has 1 fully saturated rings. The van der Waals surface area contributed by atoms with Gasteiger partial charge < -0.3 is 10.2 Å². The molecule has 0 spiro atoms. The molecule has 1 aliphatic rings. The van der Waals surface area contributed by atoms with Crippen molar-refractivity contribution in [1.82, 2.24) is 25.2 Å². The number of amides is 3. The standard InChI is InChI=1S/C16H20N6O2/c1-21-11-12(9-15(21)23)7-8-17-16(24)19-14-10-18-22(20-14)13-5-3-2-4-6-13/h2-6,10,12H,7-9,11H2,1H3,(H2,17,19,20,24). The maximum absolute atomic E-state index is 11.9. The van der Waals surface area contributed by atoms with Crippen LogP contribution in [0.4, 0.5) is 10.6 Å². The summed E-state index contributed by atoms with van der Waals surface area (Å²) >= 11 is 0. The molecule has 2 N–H and O–H groups in total. The van der Waals surface area contributed by atoms with Gasteiger partial charge in [-0.1, -0.05) is 18.2 Å². The number of aromatic nitrogens is 3. The number of hydrogen-bond acceptors (Lipinski definition) is 4. The van der Waals surface area contributed by atoms with Crippen molar-refractivity contribution in [3.05, 3.63) is 36.5 Å². The maximum Gasteiger partial charge on any atom is 0.320 e. The minimum Gasteiger partial charge on any atom is -0.345 e. The van der Waals surface area contributed by atoms with Crippen molar-refractivity contribution in [3.63, 3.8) is 0 Å². The van der Waals surface area contributed by atoms with E-state index in [9.17, 15) is 9.59 Å². The first-order valence-corrected chi connectivity index (χ1v) is 7.88. The van der Waals surface area contributed by atoms with E-state index in [0.29, 0.717) is 24.7 Å². The maximum atomic E-state index is 11.9. The van der Waals surface area contributed by atoms with E-state index in [1.165, 1.54) is 11.0 Å². The van der Waals surface area contributed by atoms with Crippen molar-refractivity contribution >= 4 is 17.8 Å². The number of anilines is 1. The highest BCUT2D eigenvalue weighted by molar-refractivity contribution is 5.87. The molecule has 2 heterocycles. The van der Waals surface area contributed by atoms with Gasteiger partial charge in [-0.05, 0) is 24.5 Å². The summed E-state index contributed by atoms with van der Waals surface area (Å²) in [6, 6.07) is 9.13. The van der Waals surface area contributed by atoms with Crippen LogP contribution in [0.1, 0.15) is 12.8 Å². The lowest BCUT2D eigenvalue weighted by molar-refractivity contribution is -0.126. The average molecular weight is 328 g/mol. The average Bonchev–Trinajstić information content (AvgIpc) is 3.15. The first-order valence-electron chi connectivity index (χ1n) is 7.88. The van der Waals surface area contributed by atoms with Crippen LogP contribution in [-0.2, 0) is 4.79 Å². The Kier molecular flexibility index (Phi) is 4.74. The number of nitrogens with one attached hydrogen (secondary N) is 2. The predicted molar refractivity (Wildman–Crippen MR) is 88.7 cm³/mol. The molecule has 1 atom stereocenters. The second kappa shape index (κ2) is 7.12. The molecule has 1 aromatic heterocycles. The van der Waals surface area contributed by atoms with Crippen LogP contribution < -0.4 is 10.6 Å². The molecular weight excluding hydrogens is 308 g/mol. The summed E-state index contributed by atoms with van der Waals surface area (Å²) in [5.41, 5.74) is 0.820. The number of rotatable bonds is 5. The van der Waals surface area contributed by atoms with E-state index in [4.69, 9.17) is 0 Å². The lowest BCUT2D eigenvalue weighted by Gasteiger charge is -2.10. The van der Waals surface area contributed by atoms with Gasteiger partial charge in [0.05, 0.1) is 11.9 Å². The normalized spacial score (nSPS) is 17.1. The van der Waals surface area contributed by atoms with Gasteiger partial charge in [0.25, 0.3) is 0 Å². The quantitative estimate of drug-likeness (QED) is 0.864. The Morgan fingerprint density at radius 1 is 1.33 bits per heavy atom. The number of hydrogen-bond donors (Lipinski definition) is 2. The Morgan fingerprint density at radius 3 is 2.83 bits per heavy atom. The van der Waals surface area contributed by atoms with Gasteiger partial charge in [0, 0.05) is 26.6 Å². The number of urea groups is 1. The Labute approximate surface area is 139 Å². The van der Waals surface area contributed by atoms with Gasteiger partial charge in [-0.15, -0.1) is 9.90 Å². The minimum absolute atomic E-state index is 0.168. The van der Waals surface area contributed by atoms with E-state index < -0.39 is 0 Å². The Morgan fingerprint density at radius 2 is 2.12 bits per heavy atom. The van der Waals surface area contributed by atoms with Crippen molar-refractivity contribution in [2.24, 2.45) is 5.92 Å². The van der Waals surface area contributed by atoms with E-state index in [1.54, 1.807) is 11.9 Å². The van der Waals surface area contributed by atoms with Gasteiger partial charge in [0.1, 0.15) is 0 Å². The van der Waals surface area contributed by atoms with Crippen molar-refractivity contribution in [2.75, 3.05) is 25.5 Å². The molecule has 1 aliphatic heterocycles. The van der Waals surface area contributed by atoms with Crippen LogP contribution in [0.15, 0.2) is 36.5 Å². The molecule has 3 amide bonds. The molecule has 0 radical (unpaired) electrons. The van der Waals surface area contributed by atoms with E-state index >= 15 is 0 Å². The number of carbonyl (C=O) groups is 2. The fourth-order valence-electron chi connectivity index (χ4n) is 2.71. The summed E-state index contributed by atoms with van der Waals surface area (Å²) < 4.78 is 0. The molecule has 1 saturated heterocycles. The van der Waals surface area contributed by atoms with E-state index in [2.05, 4.69) is 20.8 Å². The van der Waals surface area contributed by atoms with E-state index in [-0.39, 0.29) is 11.9 Å². The van der Waals surface area contributed by atoms with Crippen LogP contribution in [0.2, 0.25) is 0 Å². The molecule has 0 bridgehead atoms. The topological polar surface area (TPSA) is 92.2 Å². The van der Waals surface area contributed by atoms with Gasteiger partial charge in [-0.25, -0.2) is 4.79 Å². The first kappa shape index (κ1) is 16.0. The third-order valence-corrected chi connectivity index (χ3v) is 3.98. The number of para-hydroxylation sites is 1. The zero-order valence-corrected chi connectivity index (χ0v) is 13.5. The molecule has 2 aromatic rings. The van der Waals surface area contributed by atoms with Crippen LogP contribution in [-0.4, -0.2) is 52.0 Å². The second-order valence-corrected chi connectivity index (χ2v) is 5.87. The van der Waals surface area contributed by atoms with Crippen LogP contribution in [0.3, 0.4) is 0 Å². The monoisotopic (exact) mass is 328 g/mol. The number of nitrogens with zero attached hydrogens (tertiary/aromatic N) is 4. The lowest BCUT2D eigenvalue weighted by atomic mass is 10.1. The van der Waals surface area contributed by atoms with Gasteiger partial charge >= 0.3 is 6.03 Å². The molecule has 0 aliphatic carbocycles. The van der Waals surface area contributed by atoms with Crippen LogP contribution in [0.25, 0.3) is 5.69 Å². The molecule has 1 unspecified atom stereocenters. The lowest BCUT2D eigenvalue weighted by Crippen LogP contribution is -2.31. The Balaban J connectivity index is 1.44. The Hall–Kier alpha value is -2.90. The summed E-state index contributed by atoms with van der Waals surface area (Å²) in [6.45, 7) is 1.28. The summed E-state index contributed by atoms with van der Waals surface area (Å²) in [7, 11) is 1.80. The first-order chi connectivity index (χ1) is 11.6. The molecule has 126 valence electrons. The molecule has 24 heavy (non-hydrogen) atoms. The molecule has 8 heteroatoms. The number of benzene rings is 1. The second-order valence-electron chi connectivity index (χ2n) is 5.87. The highest BCUT2D eigenvalue weighted by atomic mass is 16.2. The number of likely N-dealkylation sites (tertiary alicyclic amines) is 1. The van der Waals surface area contributed by atoms with E-state index in [0.717, 1.165) is 18.7 Å².